The third-order valence-electron chi connectivity index (χ3n) is 5.53. The average molecular weight is 427 g/mol. The molecule has 5 aromatic rings. The molecule has 3 aromatic heterocycles. The SMILES string of the molecule is COc1ccc2c(CCNc3nc(C)cc(Nc4ccc5[nH]c(C)cc5c4)n3)c[nH]c2c1. The summed E-state index contributed by atoms with van der Waals surface area (Å²) in [7, 11) is 1.68. The van der Waals surface area contributed by atoms with Gasteiger partial charge in [-0.3, -0.25) is 0 Å². The van der Waals surface area contributed by atoms with Crippen LogP contribution in [0.15, 0.2) is 54.7 Å². The Bertz CT molecular complexity index is 1400. The summed E-state index contributed by atoms with van der Waals surface area (Å²) in [6, 6.07) is 16.4. The van der Waals surface area contributed by atoms with Crippen molar-refractivity contribution in [1.29, 1.82) is 0 Å². The van der Waals surface area contributed by atoms with Gasteiger partial charge in [-0.1, -0.05) is 0 Å². The molecule has 0 amide bonds. The Morgan fingerprint density at radius 1 is 0.969 bits per heavy atom. The van der Waals surface area contributed by atoms with Crippen LogP contribution in [-0.2, 0) is 6.42 Å². The Kier molecular flexibility index (Phi) is 5.15. The minimum atomic E-state index is 0.618. The van der Waals surface area contributed by atoms with Gasteiger partial charge >= 0.3 is 0 Å². The third-order valence-corrected chi connectivity index (χ3v) is 5.53. The molecule has 162 valence electrons. The maximum Gasteiger partial charge on any atom is 0.224 e. The molecule has 0 aliphatic rings. The molecule has 0 unspecified atom stereocenters. The minimum Gasteiger partial charge on any atom is -0.497 e. The molecule has 0 spiro atoms. The van der Waals surface area contributed by atoms with Crippen molar-refractivity contribution in [2.24, 2.45) is 0 Å². The highest BCUT2D eigenvalue weighted by Crippen LogP contribution is 2.25. The van der Waals surface area contributed by atoms with Gasteiger partial charge in [0, 0.05) is 63.8 Å². The first-order valence-corrected chi connectivity index (χ1v) is 10.7. The number of rotatable bonds is 7. The van der Waals surface area contributed by atoms with E-state index in [2.05, 4.69) is 74.0 Å². The zero-order chi connectivity index (χ0) is 22.1. The van der Waals surface area contributed by atoms with E-state index in [0.29, 0.717) is 5.95 Å². The Balaban J connectivity index is 1.27. The van der Waals surface area contributed by atoms with Gasteiger partial charge in [0.1, 0.15) is 11.6 Å². The molecule has 0 aliphatic heterocycles. The number of anilines is 3. The average Bonchev–Trinajstić information content (AvgIpc) is 3.35. The molecule has 7 nitrogen and oxygen atoms in total. The fourth-order valence-corrected chi connectivity index (χ4v) is 4.02. The summed E-state index contributed by atoms with van der Waals surface area (Å²) in [4.78, 5) is 15.9. The number of ether oxygens (including phenoxy) is 1. The number of H-pyrrole nitrogens is 2. The van der Waals surface area contributed by atoms with Crippen molar-refractivity contribution < 1.29 is 4.74 Å². The summed E-state index contributed by atoms with van der Waals surface area (Å²) in [5.41, 5.74) is 6.50. The largest absolute Gasteiger partial charge is 0.497 e. The van der Waals surface area contributed by atoms with Gasteiger partial charge in [0.15, 0.2) is 0 Å². The number of nitrogens with one attached hydrogen (secondary N) is 4. The van der Waals surface area contributed by atoms with Crippen LogP contribution in [-0.4, -0.2) is 33.6 Å². The van der Waals surface area contributed by atoms with E-state index in [1.807, 2.05) is 25.1 Å². The van der Waals surface area contributed by atoms with Gasteiger partial charge in [-0.2, -0.15) is 4.98 Å². The molecule has 5 rings (SSSR count). The Hall–Kier alpha value is -4.00. The molecule has 0 radical (unpaired) electrons. The van der Waals surface area contributed by atoms with Gasteiger partial charge in [0.2, 0.25) is 5.95 Å². The molecule has 0 fully saturated rings. The van der Waals surface area contributed by atoms with E-state index >= 15 is 0 Å². The molecule has 0 atom stereocenters. The summed E-state index contributed by atoms with van der Waals surface area (Å²) < 4.78 is 5.30. The molecule has 32 heavy (non-hydrogen) atoms. The molecule has 4 N–H and O–H groups in total. The molecular weight excluding hydrogens is 400 g/mol. The summed E-state index contributed by atoms with van der Waals surface area (Å²) in [6.45, 7) is 4.77. The van der Waals surface area contributed by atoms with Crippen LogP contribution < -0.4 is 15.4 Å². The molecule has 3 heterocycles. The van der Waals surface area contributed by atoms with Crippen LogP contribution in [0.5, 0.6) is 5.75 Å². The lowest BCUT2D eigenvalue weighted by Crippen LogP contribution is -2.09. The van der Waals surface area contributed by atoms with Crippen LogP contribution in [0, 0.1) is 13.8 Å². The van der Waals surface area contributed by atoms with Crippen molar-refractivity contribution in [1.82, 2.24) is 19.9 Å². The van der Waals surface area contributed by atoms with E-state index in [9.17, 15) is 0 Å². The first-order chi connectivity index (χ1) is 15.6. The minimum absolute atomic E-state index is 0.618. The maximum atomic E-state index is 5.30. The highest BCUT2D eigenvalue weighted by atomic mass is 16.5. The Morgan fingerprint density at radius 3 is 2.75 bits per heavy atom. The van der Waals surface area contributed by atoms with Gasteiger partial charge in [-0.15, -0.1) is 0 Å². The molecule has 0 aliphatic carbocycles. The van der Waals surface area contributed by atoms with Crippen LogP contribution >= 0.6 is 0 Å². The van der Waals surface area contributed by atoms with E-state index in [0.717, 1.165) is 52.6 Å². The number of fused-ring (bicyclic) bond motifs is 2. The monoisotopic (exact) mass is 426 g/mol. The number of aromatic amines is 2. The van der Waals surface area contributed by atoms with Crippen molar-refractivity contribution in [2.75, 3.05) is 24.3 Å². The van der Waals surface area contributed by atoms with Gasteiger partial charge in [0.05, 0.1) is 7.11 Å². The Labute approximate surface area is 186 Å². The first-order valence-electron chi connectivity index (χ1n) is 10.7. The zero-order valence-electron chi connectivity index (χ0n) is 18.4. The number of nitrogens with zero attached hydrogens (tertiary/aromatic N) is 2. The summed E-state index contributed by atoms with van der Waals surface area (Å²) in [6.07, 6.45) is 2.91. The second kappa shape index (κ2) is 8.26. The lowest BCUT2D eigenvalue weighted by molar-refractivity contribution is 0.415. The third kappa shape index (κ3) is 4.09. The normalized spacial score (nSPS) is 11.2. The smallest absolute Gasteiger partial charge is 0.224 e. The lowest BCUT2D eigenvalue weighted by Gasteiger charge is -2.10. The van der Waals surface area contributed by atoms with Gasteiger partial charge in [0.25, 0.3) is 0 Å². The number of aryl methyl sites for hydroxylation is 2. The summed E-state index contributed by atoms with van der Waals surface area (Å²) in [5, 5.41) is 9.15. The first kappa shape index (κ1) is 19.9. The number of aromatic nitrogens is 4. The van der Waals surface area contributed by atoms with E-state index < -0.39 is 0 Å². The van der Waals surface area contributed by atoms with Crippen LogP contribution in [0.1, 0.15) is 17.0 Å². The highest BCUT2D eigenvalue weighted by Gasteiger charge is 2.07. The van der Waals surface area contributed by atoms with E-state index in [-0.39, 0.29) is 0 Å². The molecule has 0 bridgehead atoms. The fourth-order valence-electron chi connectivity index (χ4n) is 4.02. The van der Waals surface area contributed by atoms with E-state index in [4.69, 9.17) is 4.74 Å². The van der Waals surface area contributed by atoms with E-state index in [1.165, 1.54) is 16.3 Å². The van der Waals surface area contributed by atoms with Crippen molar-refractivity contribution in [2.45, 2.75) is 20.3 Å². The molecule has 0 saturated heterocycles. The van der Waals surface area contributed by atoms with Crippen molar-refractivity contribution in [3.8, 4) is 5.75 Å². The number of methoxy groups -OCH3 is 1. The van der Waals surface area contributed by atoms with Gasteiger partial charge < -0.3 is 25.3 Å². The Morgan fingerprint density at radius 2 is 1.88 bits per heavy atom. The predicted octanol–water partition coefficient (Wildman–Crippen LogP) is 5.46. The second-order valence-electron chi connectivity index (χ2n) is 8.00. The quantitative estimate of drug-likeness (QED) is 0.277. The lowest BCUT2D eigenvalue weighted by atomic mass is 10.1. The topological polar surface area (TPSA) is 90.7 Å². The second-order valence-corrected chi connectivity index (χ2v) is 8.00. The predicted molar refractivity (Wildman–Crippen MR) is 130 cm³/mol. The van der Waals surface area contributed by atoms with E-state index in [1.54, 1.807) is 7.11 Å². The summed E-state index contributed by atoms with van der Waals surface area (Å²) >= 11 is 0. The highest BCUT2D eigenvalue weighted by molar-refractivity contribution is 5.85. The molecule has 7 heteroatoms. The molecule has 2 aromatic carbocycles. The summed E-state index contributed by atoms with van der Waals surface area (Å²) in [5.74, 6) is 2.24. The molecule has 0 saturated carbocycles. The zero-order valence-corrected chi connectivity index (χ0v) is 18.4. The van der Waals surface area contributed by atoms with Crippen molar-refractivity contribution in [3.63, 3.8) is 0 Å². The maximum absolute atomic E-state index is 5.30. The van der Waals surface area contributed by atoms with Gasteiger partial charge in [-0.25, -0.2) is 4.98 Å². The number of hydrogen-bond donors (Lipinski definition) is 4. The number of hydrogen-bond acceptors (Lipinski definition) is 5. The van der Waals surface area contributed by atoms with Crippen LogP contribution in [0.25, 0.3) is 21.8 Å². The van der Waals surface area contributed by atoms with Crippen LogP contribution in [0.3, 0.4) is 0 Å². The van der Waals surface area contributed by atoms with Gasteiger partial charge in [-0.05, 0) is 62.2 Å². The van der Waals surface area contributed by atoms with Crippen molar-refractivity contribution in [3.05, 3.63) is 71.7 Å². The fraction of sp³-hybridized carbons (Fsp3) is 0.200. The molecular formula is C25H26N6O. The number of benzene rings is 2. The van der Waals surface area contributed by atoms with Crippen LogP contribution in [0.4, 0.5) is 17.5 Å². The van der Waals surface area contributed by atoms with Crippen molar-refractivity contribution >= 4 is 39.3 Å². The van der Waals surface area contributed by atoms with Crippen LogP contribution in [0.2, 0.25) is 0 Å². The standard InChI is InChI=1S/C25H26N6O/c1-15-10-18-12-19(4-7-22(18)28-15)30-24-11-16(2)29-25(31-24)26-9-8-17-14-27-23-13-20(32-3)5-6-21(17)23/h4-7,10-14,27-28H,8-9H2,1-3H3,(H2,26,29,30,31).